The first-order chi connectivity index (χ1) is 16.5. The van der Waals surface area contributed by atoms with Crippen molar-refractivity contribution in [1.82, 2.24) is 19.7 Å². The van der Waals surface area contributed by atoms with Crippen LogP contribution in [0.3, 0.4) is 0 Å². The molecule has 34 heavy (non-hydrogen) atoms. The Bertz CT molecular complexity index is 1450. The standard InChI is InChI=1S/C25H21F2N5O2/c1-15-11-18-22(33-2)12-19(26)24(27)25(18)32(15)10-9-28-23-13-20(29-14-30-23)16-3-5-17(6-4-16)21-7-8-31-34-21/h3-8,11-14H,9-10H2,1-2H3,(H,28,29,30). The Labute approximate surface area is 194 Å². The van der Waals surface area contributed by atoms with Crippen LogP contribution < -0.4 is 10.1 Å². The van der Waals surface area contributed by atoms with E-state index in [9.17, 15) is 8.78 Å². The monoisotopic (exact) mass is 461 g/mol. The SMILES string of the molecule is COc1cc(F)c(F)c2c1cc(C)n2CCNc1cc(-c2ccc(-c3ccno3)cc2)ncn1. The van der Waals surface area contributed by atoms with Gasteiger partial charge in [0.1, 0.15) is 17.9 Å². The van der Waals surface area contributed by atoms with Crippen molar-refractivity contribution in [1.29, 1.82) is 0 Å². The molecule has 7 nitrogen and oxygen atoms in total. The highest BCUT2D eigenvalue weighted by Gasteiger charge is 2.18. The van der Waals surface area contributed by atoms with Crippen LogP contribution in [0.25, 0.3) is 33.5 Å². The summed E-state index contributed by atoms with van der Waals surface area (Å²) in [6.07, 6.45) is 3.09. The highest BCUT2D eigenvalue weighted by molar-refractivity contribution is 5.88. The molecule has 0 aliphatic rings. The largest absolute Gasteiger partial charge is 0.496 e. The first-order valence-corrected chi connectivity index (χ1v) is 10.6. The molecule has 9 heteroatoms. The van der Waals surface area contributed by atoms with Gasteiger partial charge in [-0.2, -0.15) is 0 Å². The minimum absolute atomic E-state index is 0.186. The van der Waals surface area contributed by atoms with Gasteiger partial charge in [0.05, 0.1) is 24.5 Å². The molecule has 2 aromatic carbocycles. The predicted molar refractivity (Wildman–Crippen MR) is 125 cm³/mol. The molecule has 0 saturated carbocycles. The summed E-state index contributed by atoms with van der Waals surface area (Å²) in [5.41, 5.74) is 3.58. The van der Waals surface area contributed by atoms with Gasteiger partial charge in [0.2, 0.25) is 0 Å². The highest BCUT2D eigenvalue weighted by Crippen LogP contribution is 2.32. The molecule has 3 aromatic heterocycles. The molecule has 0 atom stereocenters. The zero-order valence-corrected chi connectivity index (χ0v) is 18.5. The summed E-state index contributed by atoms with van der Waals surface area (Å²) < 4.78 is 40.8. The number of fused-ring (bicyclic) bond motifs is 1. The van der Waals surface area contributed by atoms with E-state index in [1.807, 2.05) is 37.3 Å². The fraction of sp³-hybridized carbons (Fsp3) is 0.160. The van der Waals surface area contributed by atoms with Crippen molar-refractivity contribution in [2.45, 2.75) is 13.5 Å². The van der Waals surface area contributed by atoms with Gasteiger partial charge in [-0.05, 0) is 13.0 Å². The number of ether oxygens (including phenoxy) is 1. The highest BCUT2D eigenvalue weighted by atomic mass is 19.2. The summed E-state index contributed by atoms with van der Waals surface area (Å²) in [7, 11) is 1.44. The molecule has 3 heterocycles. The van der Waals surface area contributed by atoms with Crippen LogP contribution in [-0.4, -0.2) is 33.3 Å². The van der Waals surface area contributed by atoms with E-state index in [2.05, 4.69) is 20.4 Å². The van der Waals surface area contributed by atoms with Crippen LogP contribution in [0.1, 0.15) is 5.69 Å². The number of aryl methyl sites for hydroxylation is 1. The van der Waals surface area contributed by atoms with Crippen molar-refractivity contribution in [3.63, 3.8) is 0 Å². The molecule has 172 valence electrons. The third kappa shape index (κ3) is 3.96. The molecule has 0 fully saturated rings. The molecule has 0 amide bonds. The first-order valence-electron chi connectivity index (χ1n) is 10.6. The van der Waals surface area contributed by atoms with E-state index in [-0.39, 0.29) is 5.52 Å². The van der Waals surface area contributed by atoms with Gasteiger partial charge in [0, 0.05) is 53.5 Å². The Kier molecular flexibility index (Phi) is 5.67. The second-order valence-electron chi connectivity index (χ2n) is 7.74. The number of nitrogens with zero attached hydrogens (tertiary/aromatic N) is 4. The lowest BCUT2D eigenvalue weighted by Gasteiger charge is -2.12. The number of aromatic nitrogens is 4. The molecule has 5 rings (SSSR count). The number of methoxy groups -OCH3 is 1. The maximum atomic E-state index is 14.6. The van der Waals surface area contributed by atoms with Crippen molar-refractivity contribution < 1.29 is 18.0 Å². The van der Waals surface area contributed by atoms with Gasteiger partial charge in [-0.15, -0.1) is 0 Å². The zero-order valence-electron chi connectivity index (χ0n) is 18.5. The molecule has 0 aliphatic carbocycles. The minimum atomic E-state index is -0.938. The maximum Gasteiger partial charge on any atom is 0.183 e. The van der Waals surface area contributed by atoms with E-state index in [1.54, 1.807) is 22.9 Å². The van der Waals surface area contributed by atoms with E-state index in [1.165, 1.54) is 13.4 Å². The molecule has 0 unspecified atom stereocenters. The number of anilines is 1. The molecule has 0 spiro atoms. The molecule has 0 radical (unpaired) electrons. The van der Waals surface area contributed by atoms with Gasteiger partial charge in [-0.1, -0.05) is 29.4 Å². The average Bonchev–Trinajstić information content (AvgIpc) is 3.51. The Morgan fingerprint density at radius 3 is 2.56 bits per heavy atom. The van der Waals surface area contributed by atoms with Crippen LogP contribution in [-0.2, 0) is 6.54 Å². The number of hydrogen-bond acceptors (Lipinski definition) is 6. The molecular formula is C25H21F2N5O2. The van der Waals surface area contributed by atoms with Gasteiger partial charge in [0.15, 0.2) is 17.4 Å². The van der Waals surface area contributed by atoms with Crippen molar-refractivity contribution in [2.24, 2.45) is 0 Å². The predicted octanol–water partition coefficient (Wildman–Crippen LogP) is 5.46. The second-order valence-corrected chi connectivity index (χ2v) is 7.74. The minimum Gasteiger partial charge on any atom is -0.496 e. The first kappa shape index (κ1) is 21.6. The zero-order chi connectivity index (χ0) is 23.7. The Morgan fingerprint density at radius 2 is 1.82 bits per heavy atom. The fourth-order valence-electron chi connectivity index (χ4n) is 4.01. The van der Waals surface area contributed by atoms with Crippen LogP contribution in [0.15, 0.2) is 65.6 Å². The summed E-state index contributed by atoms with van der Waals surface area (Å²) in [5, 5.41) is 7.50. The Hall–Kier alpha value is -4.27. The lowest BCUT2D eigenvalue weighted by molar-refractivity contribution is 0.412. The van der Waals surface area contributed by atoms with Gasteiger partial charge >= 0.3 is 0 Å². The van der Waals surface area contributed by atoms with Crippen molar-refractivity contribution >= 4 is 16.7 Å². The molecule has 0 saturated heterocycles. The number of benzene rings is 2. The van der Waals surface area contributed by atoms with E-state index in [4.69, 9.17) is 9.26 Å². The van der Waals surface area contributed by atoms with Crippen LogP contribution >= 0.6 is 0 Å². The lowest BCUT2D eigenvalue weighted by Crippen LogP contribution is -2.13. The van der Waals surface area contributed by atoms with Crippen molar-refractivity contribution in [3.05, 3.63) is 78.4 Å². The molecule has 5 aromatic rings. The fourth-order valence-corrected chi connectivity index (χ4v) is 4.01. The molecule has 0 aliphatic heterocycles. The number of nitrogens with one attached hydrogen (secondary N) is 1. The van der Waals surface area contributed by atoms with Gasteiger partial charge in [-0.3, -0.25) is 0 Å². The second kappa shape index (κ2) is 8.93. The summed E-state index contributed by atoms with van der Waals surface area (Å²) in [5.74, 6) is -0.201. The topological polar surface area (TPSA) is 78.0 Å². The third-order valence-corrected chi connectivity index (χ3v) is 5.68. The smallest absolute Gasteiger partial charge is 0.183 e. The summed E-state index contributed by atoms with van der Waals surface area (Å²) in [6, 6.07) is 14.3. The maximum absolute atomic E-state index is 14.6. The van der Waals surface area contributed by atoms with E-state index in [0.29, 0.717) is 35.8 Å². The molecule has 1 N–H and O–H groups in total. The third-order valence-electron chi connectivity index (χ3n) is 5.68. The number of rotatable bonds is 7. The van der Waals surface area contributed by atoms with Crippen molar-refractivity contribution in [3.8, 4) is 28.3 Å². The summed E-state index contributed by atoms with van der Waals surface area (Å²) in [4.78, 5) is 8.64. The summed E-state index contributed by atoms with van der Waals surface area (Å²) >= 11 is 0. The average molecular weight is 461 g/mol. The lowest BCUT2D eigenvalue weighted by atomic mass is 10.1. The quantitative estimate of drug-likeness (QED) is 0.347. The normalized spacial score (nSPS) is 11.2. The molecular weight excluding hydrogens is 440 g/mol. The van der Waals surface area contributed by atoms with E-state index >= 15 is 0 Å². The number of hydrogen-bond donors (Lipinski definition) is 1. The Balaban J connectivity index is 1.32. The number of halogens is 2. The van der Waals surface area contributed by atoms with Crippen LogP contribution in [0.5, 0.6) is 5.75 Å². The van der Waals surface area contributed by atoms with Crippen LogP contribution in [0.2, 0.25) is 0 Å². The van der Waals surface area contributed by atoms with Gasteiger partial charge in [-0.25, -0.2) is 18.7 Å². The van der Waals surface area contributed by atoms with Crippen molar-refractivity contribution in [2.75, 3.05) is 19.0 Å². The van der Waals surface area contributed by atoms with Gasteiger partial charge in [0.25, 0.3) is 0 Å². The van der Waals surface area contributed by atoms with Gasteiger partial charge < -0.3 is 19.1 Å². The molecule has 0 bridgehead atoms. The van der Waals surface area contributed by atoms with Crippen LogP contribution in [0, 0.1) is 18.6 Å². The summed E-state index contributed by atoms with van der Waals surface area (Å²) in [6.45, 7) is 2.70. The van der Waals surface area contributed by atoms with Crippen LogP contribution in [0.4, 0.5) is 14.6 Å². The van der Waals surface area contributed by atoms with E-state index < -0.39 is 11.6 Å². The Morgan fingerprint density at radius 1 is 1.03 bits per heavy atom. The van der Waals surface area contributed by atoms with E-state index in [0.717, 1.165) is 28.6 Å².